The van der Waals surface area contributed by atoms with Crippen molar-refractivity contribution >= 4 is 35.2 Å². The predicted molar refractivity (Wildman–Crippen MR) is 107 cm³/mol. The highest BCUT2D eigenvalue weighted by Gasteiger charge is 2.32. The first-order valence-electron chi connectivity index (χ1n) is 8.34. The van der Waals surface area contributed by atoms with Gasteiger partial charge < -0.3 is 0 Å². The van der Waals surface area contributed by atoms with Crippen LogP contribution in [-0.2, 0) is 11.9 Å². The van der Waals surface area contributed by atoms with Gasteiger partial charge in [-0.3, -0.25) is 4.79 Å². The maximum absolute atomic E-state index is 13.0. The number of hydrogen-bond donors (Lipinski definition) is 1. The number of aromatic nitrogens is 2. The van der Waals surface area contributed by atoms with E-state index >= 15 is 0 Å². The lowest BCUT2D eigenvalue weighted by atomic mass is 10.1. The molecule has 1 amide bonds. The molecule has 0 atom stereocenters. The summed E-state index contributed by atoms with van der Waals surface area (Å²) in [4.78, 5) is 12.1. The number of halogens is 3. The van der Waals surface area contributed by atoms with E-state index in [9.17, 15) is 18.0 Å². The normalized spacial score (nSPS) is 11.7. The zero-order valence-electron chi connectivity index (χ0n) is 15.1. The third-order valence-electron chi connectivity index (χ3n) is 3.72. The van der Waals surface area contributed by atoms with Crippen LogP contribution in [0.2, 0.25) is 0 Å². The number of aryl methyl sites for hydroxylation is 1. The van der Waals surface area contributed by atoms with Crippen molar-refractivity contribution in [1.82, 2.24) is 15.6 Å². The van der Waals surface area contributed by atoms with Crippen molar-refractivity contribution in [2.75, 3.05) is 0 Å². The van der Waals surface area contributed by atoms with Gasteiger partial charge in [-0.05, 0) is 30.7 Å². The SMILES string of the molecule is Cc1nnc(SCc2ccc(C(=O)N/N=C/c3ccccc3C(F)(F)F)cc2)s1. The Hall–Kier alpha value is -2.72. The van der Waals surface area contributed by atoms with Crippen LogP contribution >= 0.6 is 23.1 Å². The van der Waals surface area contributed by atoms with Gasteiger partial charge in [-0.15, -0.1) is 10.2 Å². The van der Waals surface area contributed by atoms with E-state index in [-0.39, 0.29) is 5.56 Å². The molecular formula is C19H15F3N4OS2. The van der Waals surface area contributed by atoms with Crippen LogP contribution in [-0.4, -0.2) is 22.3 Å². The summed E-state index contributed by atoms with van der Waals surface area (Å²) in [5.41, 5.74) is 2.66. The maximum Gasteiger partial charge on any atom is 0.417 e. The summed E-state index contributed by atoms with van der Waals surface area (Å²) in [6.07, 6.45) is -3.51. The molecule has 3 rings (SSSR count). The standard InChI is InChI=1S/C19H15F3N4OS2/c1-12-24-26-18(29-12)28-11-13-6-8-14(9-7-13)17(27)25-23-10-15-4-2-3-5-16(15)19(20,21)22/h2-10H,11H2,1H3,(H,25,27)/b23-10+. The van der Waals surface area contributed by atoms with Crippen molar-refractivity contribution in [1.29, 1.82) is 0 Å². The molecule has 0 aliphatic rings. The number of rotatable bonds is 6. The molecule has 0 bridgehead atoms. The van der Waals surface area contributed by atoms with Crippen LogP contribution < -0.4 is 5.43 Å². The third kappa shape index (κ3) is 5.88. The van der Waals surface area contributed by atoms with Crippen LogP contribution in [0.15, 0.2) is 58.0 Å². The van der Waals surface area contributed by atoms with Crippen molar-refractivity contribution in [2.45, 2.75) is 23.2 Å². The first kappa shape index (κ1) is 21.0. The molecule has 10 heteroatoms. The molecule has 0 radical (unpaired) electrons. The Bertz CT molecular complexity index is 1020. The summed E-state index contributed by atoms with van der Waals surface area (Å²) in [7, 11) is 0. The fourth-order valence-electron chi connectivity index (χ4n) is 2.33. The second-order valence-electron chi connectivity index (χ2n) is 5.86. The van der Waals surface area contributed by atoms with E-state index < -0.39 is 17.6 Å². The molecule has 1 heterocycles. The minimum absolute atomic E-state index is 0.125. The number of nitrogens with zero attached hydrogens (tertiary/aromatic N) is 3. The van der Waals surface area contributed by atoms with Gasteiger partial charge in [0, 0.05) is 16.9 Å². The minimum atomic E-state index is -4.49. The lowest BCUT2D eigenvalue weighted by Crippen LogP contribution is -2.18. The van der Waals surface area contributed by atoms with E-state index in [4.69, 9.17) is 0 Å². The Morgan fingerprint density at radius 2 is 1.90 bits per heavy atom. The Kier molecular flexibility index (Phi) is 6.65. The highest BCUT2D eigenvalue weighted by molar-refractivity contribution is 8.00. The number of alkyl halides is 3. The van der Waals surface area contributed by atoms with E-state index in [1.54, 1.807) is 36.0 Å². The van der Waals surface area contributed by atoms with Gasteiger partial charge in [0.25, 0.3) is 5.91 Å². The molecule has 3 aromatic rings. The second kappa shape index (κ2) is 9.19. The van der Waals surface area contributed by atoms with Gasteiger partial charge in [0.2, 0.25) is 0 Å². The highest BCUT2D eigenvalue weighted by Crippen LogP contribution is 2.31. The number of hydrogen-bond acceptors (Lipinski definition) is 6. The molecule has 0 aliphatic carbocycles. The van der Waals surface area contributed by atoms with Crippen molar-refractivity contribution in [2.24, 2.45) is 5.10 Å². The number of carbonyl (C=O) groups excluding carboxylic acids is 1. The number of hydrazone groups is 1. The topological polar surface area (TPSA) is 67.2 Å². The van der Waals surface area contributed by atoms with Crippen molar-refractivity contribution < 1.29 is 18.0 Å². The quantitative estimate of drug-likeness (QED) is 0.338. The number of thioether (sulfide) groups is 1. The number of amides is 1. The summed E-state index contributed by atoms with van der Waals surface area (Å²) < 4.78 is 39.7. The Balaban J connectivity index is 1.58. The van der Waals surface area contributed by atoms with Gasteiger partial charge in [0.15, 0.2) is 4.34 Å². The molecule has 0 unspecified atom stereocenters. The number of carbonyl (C=O) groups is 1. The smallest absolute Gasteiger partial charge is 0.267 e. The van der Waals surface area contributed by atoms with Crippen LogP contribution in [0.3, 0.4) is 0 Å². The molecule has 29 heavy (non-hydrogen) atoms. The lowest BCUT2D eigenvalue weighted by molar-refractivity contribution is -0.137. The lowest BCUT2D eigenvalue weighted by Gasteiger charge is -2.09. The molecule has 1 N–H and O–H groups in total. The molecule has 150 valence electrons. The first-order chi connectivity index (χ1) is 13.8. The van der Waals surface area contributed by atoms with Crippen LogP contribution in [0.25, 0.3) is 0 Å². The van der Waals surface area contributed by atoms with Gasteiger partial charge in [0.1, 0.15) is 5.01 Å². The zero-order valence-corrected chi connectivity index (χ0v) is 16.7. The summed E-state index contributed by atoms with van der Waals surface area (Å²) in [6.45, 7) is 1.89. The second-order valence-corrected chi connectivity index (χ2v) is 8.26. The van der Waals surface area contributed by atoms with Crippen molar-refractivity contribution in [3.63, 3.8) is 0 Å². The van der Waals surface area contributed by atoms with Crippen LogP contribution in [0, 0.1) is 6.92 Å². The largest absolute Gasteiger partial charge is 0.417 e. The molecule has 2 aromatic carbocycles. The molecule has 0 fully saturated rings. The highest BCUT2D eigenvalue weighted by atomic mass is 32.2. The molecular weight excluding hydrogens is 421 g/mol. The molecule has 0 aliphatic heterocycles. The van der Waals surface area contributed by atoms with Gasteiger partial charge in [0.05, 0.1) is 11.8 Å². The van der Waals surface area contributed by atoms with Gasteiger partial charge in [-0.2, -0.15) is 18.3 Å². The monoisotopic (exact) mass is 436 g/mol. The minimum Gasteiger partial charge on any atom is -0.267 e. The fourth-order valence-corrected chi connectivity index (χ4v) is 4.10. The fraction of sp³-hybridized carbons (Fsp3) is 0.158. The van der Waals surface area contributed by atoms with Crippen LogP contribution in [0.4, 0.5) is 13.2 Å². The third-order valence-corrected chi connectivity index (χ3v) is 5.77. The Morgan fingerprint density at radius 1 is 1.17 bits per heavy atom. The van der Waals surface area contributed by atoms with Gasteiger partial charge in [-0.1, -0.05) is 53.4 Å². The zero-order chi connectivity index (χ0) is 20.9. The van der Waals surface area contributed by atoms with E-state index in [2.05, 4.69) is 20.7 Å². The summed E-state index contributed by atoms with van der Waals surface area (Å²) >= 11 is 3.07. The van der Waals surface area contributed by atoms with E-state index in [1.807, 2.05) is 6.92 Å². The molecule has 0 saturated carbocycles. The van der Waals surface area contributed by atoms with E-state index in [1.165, 1.54) is 29.5 Å². The average molecular weight is 436 g/mol. The molecule has 5 nitrogen and oxygen atoms in total. The van der Waals surface area contributed by atoms with Gasteiger partial charge in [-0.25, -0.2) is 5.43 Å². The van der Waals surface area contributed by atoms with Crippen molar-refractivity contribution in [3.8, 4) is 0 Å². The van der Waals surface area contributed by atoms with Crippen LogP contribution in [0.5, 0.6) is 0 Å². The molecule has 1 aromatic heterocycles. The summed E-state index contributed by atoms with van der Waals surface area (Å²) in [5.74, 6) is 0.174. The van der Waals surface area contributed by atoms with Crippen molar-refractivity contribution in [3.05, 3.63) is 75.8 Å². The summed E-state index contributed by atoms with van der Waals surface area (Å²) in [5, 5.41) is 12.5. The maximum atomic E-state index is 13.0. The van der Waals surface area contributed by atoms with E-state index in [0.29, 0.717) is 11.3 Å². The van der Waals surface area contributed by atoms with Crippen LogP contribution in [0.1, 0.15) is 32.1 Å². The van der Waals surface area contributed by atoms with Gasteiger partial charge >= 0.3 is 6.18 Å². The summed E-state index contributed by atoms with van der Waals surface area (Å²) in [6, 6.07) is 11.9. The predicted octanol–water partition coefficient (Wildman–Crippen LogP) is 4.92. The first-order valence-corrected chi connectivity index (χ1v) is 10.1. The number of nitrogens with one attached hydrogen (secondary N) is 1. The molecule has 0 spiro atoms. The Labute approximate surface area is 173 Å². The average Bonchev–Trinajstić information content (AvgIpc) is 3.11. The number of benzene rings is 2. The Morgan fingerprint density at radius 3 is 2.55 bits per heavy atom. The van der Waals surface area contributed by atoms with E-state index in [0.717, 1.165) is 27.2 Å². The molecule has 0 saturated heterocycles.